The Kier molecular flexibility index (Phi) is 4.07. The van der Waals surface area contributed by atoms with Gasteiger partial charge < -0.3 is 5.32 Å². The molecule has 25 heavy (non-hydrogen) atoms. The van der Waals surface area contributed by atoms with Crippen LogP contribution in [0.2, 0.25) is 10.0 Å². The number of anilines is 2. The summed E-state index contributed by atoms with van der Waals surface area (Å²) in [4.78, 5) is 18.8. The fourth-order valence-corrected chi connectivity index (χ4v) is 3.32. The highest BCUT2D eigenvalue weighted by molar-refractivity contribution is 6.35. The molecule has 124 valence electrons. The molecule has 0 spiro atoms. The molecule has 1 N–H and O–H groups in total. The third kappa shape index (κ3) is 2.84. The quantitative estimate of drug-likeness (QED) is 0.693. The summed E-state index contributed by atoms with van der Waals surface area (Å²) in [5, 5.41) is 4.45. The average molecular weight is 370 g/mol. The van der Waals surface area contributed by atoms with E-state index in [-0.39, 0.29) is 5.91 Å². The predicted molar refractivity (Wildman–Crippen MR) is 100 cm³/mol. The van der Waals surface area contributed by atoms with Gasteiger partial charge in [0.15, 0.2) is 0 Å². The van der Waals surface area contributed by atoms with E-state index in [0.717, 1.165) is 5.56 Å². The highest BCUT2D eigenvalue weighted by Gasteiger charge is 2.37. The van der Waals surface area contributed by atoms with Crippen molar-refractivity contribution in [1.82, 2.24) is 4.98 Å². The Labute approximate surface area is 155 Å². The fraction of sp³-hybridized carbons (Fsp3) is 0.0526. The van der Waals surface area contributed by atoms with Crippen LogP contribution in [0.3, 0.4) is 0 Å². The zero-order valence-electron chi connectivity index (χ0n) is 13.0. The third-order valence-corrected chi connectivity index (χ3v) is 4.67. The summed E-state index contributed by atoms with van der Waals surface area (Å²) in [6, 6.07) is 16.4. The smallest absolute Gasteiger partial charge is 0.260 e. The van der Waals surface area contributed by atoms with Gasteiger partial charge in [-0.2, -0.15) is 0 Å². The van der Waals surface area contributed by atoms with Crippen LogP contribution in [0.25, 0.3) is 0 Å². The van der Waals surface area contributed by atoms with Crippen molar-refractivity contribution >= 4 is 40.5 Å². The molecule has 3 aromatic rings. The lowest BCUT2D eigenvalue weighted by molar-refractivity contribution is 0.0993. The zero-order chi connectivity index (χ0) is 17.4. The van der Waals surface area contributed by atoms with Crippen LogP contribution in [-0.4, -0.2) is 10.9 Å². The Morgan fingerprint density at radius 3 is 2.68 bits per heavy atom. The molecule has 0 bridgehead atoms. The minimum atomic E-state index is -0.399. The van der Waals surface area contributed by atoms with Gasteiger partial charge in [0.2, 0.25) is 0 Å². The maximum Gasteiger partial charge on any atom is 0.260 e. The molecule has 1 atom stereocenters. The maximum absolute atomic E-state index is 12.9. The van der Waals surface area contributed by atoms with Gasteiger partial charge in [0.25, 0.3) is 5.91 Å². The SMILES string of the molecule is O=C1c2ccccc2[C@H](Nc2cc(Cl)ccc2Cl)N1c1cccnc1. The Hall–Kier alpha value is -2.56. The first-order valence-corrected chi connectivity index (χ1v) is 8.45. The standard InChI is InChI=1S/C19H13Cl2N3O/c20-12-7-8-16(21)17(10-12)23-18-14-5-1-2-6-15(14)19(25)24(18)13-4-3-9-22-11-13/h1-11,18,23H/t18-/m1/s1. The topological polar surface area (TPSA) is 45.2 Å². The van der Waals surface area contributed by atoms with Gasteiger partial charge in [-0.15, -0.1) is 0 Å². The van der Waals surface area contributed by atoms with E-state index in [9.17, 15) is 4.79 Å². The summed E-state index contributed by atoms with van der Waals surface area (Å²) in [6.07, 6.45) is 2.94. The lowest BCUT2D eigenvalue weighted by Crippen LogP contribution is -2.32. The number of hydrogen-bond acceptors (Lipinski definition) is 3. The summed E-state index contributed by atoms with van der Waals surface area (Å²) in [5.41, 5.74) is 2.91. The highest BCUT2D eigenvalue weighted by atomic mass is 35.5. The number of fused-ring (bicyclic) bond motifs is 1. The maximum atomic E-state index is 12.9. The number of carbonyl (C=O) groups excluding carboxylic acids is 1. The number of nitrogens with one attached hydrogen (secondary N) is 1. The van der Waals surface area contributed by atoms with Crippen molar-refractivity contribution < 1.29 is 4.79 Å². The van der Waals surface area contributed by atoms with Crippen LogP contribution in [0.1, 0.15) is 22.1 Å². The Morgan fingerprint density at radius 1 is 1.04 bits per heavy atom. The zero-order valence-corrected chi connectivity index (χ0v) is 14.5. The van der Waals surface area contributed by atoms with Gasteiger partial charge in [0, 0.05) is 22.3 Å². The van der Waals surface area contributed by atoms with E-state index in [0.29, 0.717) is 27.0 Å². The first-order valence-electron chi connectivity index (χ1n) is 7.69. The molecular formula is C19H13Cl2N3O. The number of benzene rings is 2. The first kappa shape index (κ1) is 15.9. The van der Waals surface area contributed by atoms with E-state index in [4.69, 9.17) is 23.2 Å². The summed E-state index contributed by atoms with van der Waals surface area (Å²) in [5.74, 6) is -0.0840. The molecule has 0 radical (unpaired) electrons. The second kappa shape index (κ2) is 6.39. The minimum absolute atomic E-state index is 0.0840. The van der Waals surface area contributed by atoms with Gasteiger partial charge in [0.05, 0.1) is 22.6 Å². The fourth-order valence-electron chi connectivity index (χ4n) is 2.98. The molecule has 6 heteroatoms. The van der Waals surface area contributed by atoms with E-state index in [1.165, 1.54) is 0 Å². The monoisotopic (exact) mass is 369 g/mol. The van der Waals surface area contributed by atoms with Gasteiger partial charge in [-0.3, -0.25) is 14.7 Å². The minimum Gasteiger partial charge on any atom is -0.360 e. The summed E-state index contributed by atoms with van der Waals surface area (Å²) in [7, 11) is 0. The molecule has 4 rings (SSSR count). The summed E-state index contributed by atoms with van der Waals surface area (Å²) >= 11 is 12.4. The molecule has 0 fully saturated rings. The molecule has 2 aromatic carbocycles. The van der Waals surface area contributed by atoms with Crippen molar-refractivity contribution in [3.8, 4) is 0 Å². The van der Waals surface area contributed by atoms with Crippen LogP contribution < -0.4 is 10.2 Å². The second-order valence-electron chi connectivity index (χ2n) is 5.64. The largest absolute Gasteiger partial charge is 0.360 e. The number of halogens is 2. The number of carbonyl (C=O) groups is 1. The molecule has 0 saturated heterocycles. The van der Waals surface area contributed by atoms with Gasteiger partial charge in [-0.1, -0.05) is 41.4 Å². The van der Waals surface area contributed by atoms with Crippen LogP contribution >= 0.6 is 23.2 Å². The van der Waals surface area contributed by atoms with Crippen LogP contribution in [0.5, 0.6) is 0 Å². The predicted octanol–water partition coefficient (Wildman–Crippen LogP) is 5.16. The number of aromatic nitrogens is 1. The first-order chi connectivity index (χ1) is 12.1. The summed E-state index contributed by atoms with van der Waals surface area (Å²) in [6.45, 7) is 0. The van der Waals surface area contributed by atoms with E-state index in [1.54, 1.807) is 41.6 Å². The lowest BCUT2D eigenvalue weighted by Gasteiger charge is -2.27. The van der Waals surface area contributed by atoms with Crippen LogP contribution in [-0.2, 0) is 0 Å². The second-order valence-corrected chi connectivity index (χ2v) is 6.49. The molecule has 0 unspecified atom stereocenters. The van der Waals surface area contributed by atoms with E-state index >= 15 is 0 Å². The van der Waals surface area contributed by atoms with Gasteiger partial charge in [0.1, 0.15) is 6.17 Å². The van der Waals surface area contributed by atoms with Gasteiger partial charge in [-0.25, -0.2) is 0 Å². The van der Waals surface area contributed by atoms with Crippen molar-refractivity contribution in [2.24, 2.45) is 0 Å². The third-order valence-electron chi connectivity index (χ3n) is 4.11. The van der Waals surface area contributed by atoms with Crippen molar-refractivity contribution in [3.05, 3.63) is 88.2 Å². The van der Waals surface area contributed by atoms with E-state index in [1.807, 2.05) is 30.3 Å². The van der Waals surface area contributed by atoms with Crippen LogP contribution in [0.15, 0.2) is 67.0 Å². The number of amides is 1. The van der Waals surface area contributed by atoms with Crippen molar-refractivity contribution in [2.45, 2.75) is 6.17 Å². The molecular weight excluding hydrogens is 357 g/mol. The van der Waals surface area contributed by atoms with Crippen molar-refractivity contribution in [3.63, 3.8) is 0 Å². The van der Waals surface area contributed by atoms with E-state index in [2.05, 4.69) is 10.3 Å². The normalized spacial score (nSPS) is 16.0. The number of pyridine rings is 1. The molecule has 0 aliphatic carbocycles. The van der Waals surface area contributed by atoms with Crippen LogP contribution in [0, 0.1) is 0 Å². The lowest BCUT2D eigenvalue weighted by atomic mass is 10.1. The van der Waals surface area contributed by atoms with Crippen molar-refractivity contribution in [2.75, 3.05) is 10.2 Å². The number of hydrogen-bond donors (Lipinski definition) is 1. The summed E-state index contributed by atoms with van der Waals surface area (Å²) < 4.78 is 0. The van der Waals surface area contributed by atoms with Gasteiger partial charge >= 0.3 is 0 Å². The molecule has 1 aromatic heterocycles. The molecule has 1 aliphatic rings. The van der Waals surface area contributed by atoms with Gasteiger partial charge in [-0.05, 0) is 36.4 Å². The average Bonchev–Trinajstić information content (AvgIpc) is 2.91. The molecule has 4 nitrogen and oxygen atoms in total. The highest BCUT2D eigenvalue weighted by Crippen LogP contribution is 2.39. The Bertz CT molecular complexity index is 946. The van der Waals surface area contributed by atoms with E-state index < -0.39 is 6.17 Å². The molecule has 0 saturated carbocycles. The molecule has 1 aliphatic heterocycles. The Balaban J connectivity index is 1.81. The molecule has 2 heterocycles. The van der Waals surface area contributed by atoms with Crippen molar-refractivity contribution in [1.29, 1.82) is 0 Å². The number of nitrogens with zero attached hydrogens (tertiary/aromatic N) is 2. The van der Waals surface area contributed by atoms with Crippen LogP contribution in [0.4, 0.5) is 11.4 Å². The Morgan fingerprint density at radius 2 is 1.88 bits per heavy atom. The molecule has 1 amide bonds. The number of rotatable bonds is 3.